The Hall–Kier alpha value is -2.08. The molecule has 6 heteroatoms. The van der Waals surface area contributed by atoms with Crippen molar-refractivity contribution in [2.24, 2.45) is 0 Å². The molecule has 0 radical (unpaired) electrons. The average Bonchev–Trinajstić information content (AvgIpc) is 2.87. The van der Waals surface area contributed by atoms with Crippen LogP contribution in [0.25, 0.3) is 21.3 Å². The molecule has 0 amide bonds. The first-order valence-electron chi connectivity index (χ1n) is 7.41. The minimum absolute atomic E-state index is 0.00268. The number of hydrogen-bond donors (Lipinski definition) is 0. The molecule has 0 aliphatic rings. The van der Waals surface area contributed by atoms with Gasteiger partial charge in [0.1, 0.15) is 23.1 Å². The predicted molar refractivity (Wildman–Crippen MR) is 89.4 cm³/mol. The Morgan fingerprint density at radius 3 is 2.57 bits per heavy atom. The molecule has 2 aromatic heterocycles. The van der Waals surface area contributed by atoms with Gasteiger partial charge in [0.15, 0.2) is 0 Å². The van der Waals surface area contributed by atoms with E-state index in [4.69, 9.17) is 0 Å². The van der Waals surface area contributed by atoms with E-state index in [2.05, 4.69) is 4.98 Å². The molecule has 0 N–H and O–H groups in total. The van der Waals surface area contributed by atoms with Gasteiger partial charge in [0.25, 0.3) is 5.56 Å². The Morgan fingerprint density at radius 1 is 1.26 bits per heavy atom. The maximum absolute atomic E-state index is 13.2. The van der Waals surface area contributed by atoms with Crippen molar-refractivity contribution in [3.8, 4) is 11.1 Å². The molecule has 3 aromatic rings. The monoisotopic (exact) mass is 334 g/mol. The lowest BCUT2D eigenvalue weighted by molar-refractivity contribution is 0.432. The van der Waals surface area contributed by atoms with Crippen molar-refractivity contribution < 1.29 is 8.78 Å². The fourth-order valence-corrected chi connectivity index (χ4v) is 3.84. The number of aromatic nitrogens is 2. The molecule has 1 aromatic carbocycles. The Balaban J connectivity index is 2.35. The number of fused-ring (bicyclic) bond motifs is 1. The Bertz CT molecular complexity index is 913. The maximum Gasteiger partial charge on any atom is 0.263 e. The summed E-state index contributed by atoms with van der Waals surface area (Å²) in [6, 6.07) is 6.03. The SMILES string of the molecule is CCc1nc2sc(C)c(-c3ccc(F)cc3)c2c(=O)n1CCF. The lowest BCUT2D eigenvalue weighted by Crippen LogP contribution is -2.25. The number of hydrogen-bond acceptors (Lipinski definition) is 3. The predicted octanol–water partition coefficient (Wildman–Crippen LogP) is 4.10. The molecule has 0 fully saturated rings. The van der Waals surface area contributed by atoms with Gasteiger partial charge in [-0.3, -0.25) is 9.36 Å². The third-order valence-electron chi connectivity index (χ3n) is 3.82. The molecule has 3 nitrogen and oxygen atoms in total. The zero-order chi connectivity index (χ0) is 16.6. The fraction of sp³-hybridized carbons (Fsp3) is 0.294. The first-order valence-corrected chi connectivity index (χ1v) is 8.23. The molecule has 0 saturated carbocycles. The number of rotatable bonds is 4. The van der Waals surface area contributed by atoms with E-state index in [-0.39, 0.29) is 17.9 Å². The number of benzene rings is 1. The molecule has 2 heterocycles. The van der Waals surface area contributed by atoms with Crippen LogP contribution in [0.1, 0.15) is 17.6 Å². The second-order valence-electron chi connectivity index (χ2n) is 5.25. The quantitative estimate of drug-likeness (QED) is 0.720. The van der Waals surface area contributed by atoms with Crippen LogP contribution in [-0.4, -0.2) is 16.2 Å². The van der Waals surface area contributed by atoms with Crippen molar-refractivity contribution in [1.29, 1.82) is 0 Å². The summed E-state index contributed by atoms with van der Waals surface area (Å²) in [6.07, 6.45) is 0.564. The van der Waals surface area contributed by atoms with Crippen molar-refractivity contribution in [3.05, 3.63) is 51.1 Å². The minimum atomic E-state index is -0.616. The van der Waals surface area contributed by atoms with Crippen molar-refractivity contribution in [1.82, 2.24) is 9.55 Å². The second kappa shape index (κ2) is 6.20. The number of aryl methyl sites for hydroxylation is 2. The summed E-state index contributed by atoms with van der Waals surface area (Å²) in [5.41, 5.74) is 1.30. The van der Waals surface area contributed by atoms with Crippen LogP contribution in [0.5, 0.6) is 0 Å². The highest BCUT2D eigenvalue weighted by atomic mass is 32.1. The van der Waals surface area contributed by atoms with Gasteiger partial charge in [-0.2, -0.15) is 0 Å². The Labute approximate surface area is 136 Å². The van der Waals surface area contributed by atoms with Crippen molar-refractivity contribution >= 4 is 21.6 Å². The minimum Gasteiger partial charge on any atom is -0.293 e. The summed E-state index contributed by atoms with van der Waals surface area (Å²) in [5, 5.41) is 0.491. The van der Waals surface area contributed by atoms with Crippen LogP contribution in [-0.2, 0) is 13.0 Å². The topological polar surface area (TPSA) is 34.9 Å². The Kier molecular flexibility index (Phi) is 4.26. The zero-order valence-corrected chi connectivity index (χ0v) is 13.7. The second-order valence-corrected chi connectivity index (χ2v) is 6.45. The van der Waals surface area contributed by atoms with E-state index in [9.17, 15) is 13.6 Å². The van der Waals surface area contributed by atoms with Gasteiger partial charge in [-0.05, 0) is 24.6 Å². The van der Waals surface area contributed by atoms with Crippen LogP contribution in [0, 0.1) is 12.7 Å². The molecule has 0 spiro atoms. The van der Waals surface area contributed by atoms with E-state index in [1.807, 2.05) is 13.8 Å². The standard InChI is InChI=1S/C17H16F2N2OS/c1-3-13-20-16-15(17(22)21(13)9-8-18)14(10(2)23-16)11-4-6-12(19)7-5-11/h4-7H,3,8-9H2,1-2H3. The highest BCUT2D eigenvalue weighted by Gasteiger charge is 2.19. The molecule has 23 heavy (non-hydrogen) atoms. The van der Waals surface area contributed by atoms with Gasteiger partial charge in [-0.1, -0.05) is 19.1 Å². The van der Waals surface area contributed by atoms with Crippen LogP contribution in [0.15, 0.2) is 29.1 Å². The molecule has 0 aliphatic heterocycles. The van der Waals surface area contributed by atoms with Crippen LogP contribution in [0.2, 0.25) is 0 Å². The largest absolute Gasteiger partial charge is 0.293 e. The van der Waals surface area contributed by atoms with Gasteiger partial charge in [0.05, 0.1) is 11.9 Å². The highest BCUT2D eigenvalue weighted by Crippen LogP contribution is 2.35. The maximum atomic E-state index is 13.2. The first-order chi connectivity index (χ1) is 11.1. The van der Waals surface area contributed by atoms with Crippen LogP contribution < -0.4 is 5.56 Å². The van der Waals surface area contributed by atoms with E-state index in [0.717, 1.165) is 16.0 Å². The average molecular weight is 334 g/mol. The van der Waals surface area contributed by atoms with Crippen molar-refractivity contribution in [2.45, 2.75) is 26.8 Å². The molecular formula is C17H16F2N2OS. The number of halogens is 2. The third-order valence-corrected chi connectivity index (χ3v) is 4.82. The summed E-state index contributed by atoms with van der Waals surface area (Å²) in [7, 11) is 0. The van der Waals surface area contributed by atoms with Gasteiger partial charge in [0, 0.05) is 16.9 Å². The smallest absolute Gasteiger partial charge is 0.263 e. The summed E-state index contributed by atoms with van der Waals surface area (Å²) in [4.78, 5) is 19.0. The first kappa shape index (κ1) is 15.8. The number of alkyl halides is 1. The molecular weight excluding hydrogens is 318 g/mol. The van der Waals surface area contributed by atoms with Crippen molar-refractivity contribution in [2.75, 3.05) is 6.67 Å². The number of nitrogens with zero attached hydrogens (tertiary/aromatic N) is 2. The van der Waals surface area contributed by atoms with Crippen LogP contribution >= 0.6 is 11.3 Å². The molecule has 0 unspecified atom stereocenters. The fourth-order valence-electron chi connectivity index (χ4n) is 2.79. The molecule has 0 aliphatic carbocycles. The zero-order valence-electron chi connectivity index (χ0n) is 12.9. The number of thiophene rings is 1. The molecule has 120 valence electrons. The molecule has 3 rings (SSSR count). The summed E-state index contributed by atoms with van der Waals surface area (Å²) in [6.45, 7) is 3.19. The summed E-state index contributed by atoms with van der Waals surface area (Å²) >= 11 is 1.44. The van der Waals surface area contributed by atoms with E-state index in [1.165, 1.54) is 28.0 Å². The van der Waals surface area contributed by atoms with E-state index >= 15 is 0 Å². The summed E-state index contributed by atoms with van der Waals surface area (Å²) in [5.74, 6) is 0.263. The van der Waals surface area contributed by atoms with Gasteiger partial charge in [-0.25, -0.2) is 13.8 Å². The van der Waals surface area contributed by atoms with Gasteiger partial charge in [-0.15, -0.1) is 11.3 Å². The highest BCUT2D eigenvalue weighted by molar-refractivity contribution is 7.19. The van der Waals surface area contributed by atoms with Crippen molar-refractivity contribution in [3.63, 3.8) is 0 Å². The molecule has 0 saturated heterocycles. The lowest BCUT2D eigenvalue weighted by Gasteiger charge is -2.10. The summed E-state index contributed by atoms with van der Waals surface area (Å²) < 4.78 is 27.4. The van der Waals surface area contributed by atoms with Gasteiger partial charge < -0.3 is 0 Å². The normalized spacial score (nSPS) is 11.3. The van der Waals surface area contributed by atoms with E-state index in [0.29, 0.717) is 22.5 Å². The molecule has 0 bridgehead atoms. The van der Waals surface area contributed by atoms with Crippen LogP contribution in [0.3, 0.4) is 0 Å². The van der Waals surface area contributed by atoms with E-state index < -0.39 is 6.67 Å². The lowest BCUT2D eigenvalue weighted by atomic mass is 10.0. The Morgan fingerprint density at radius 2 is 1.96 bits per heavy atom. The van der Waals surface area contributed by atoms with Crippen LogP contribution in [0.4, 0.5) is 8.78 Å². The van der Waals surface area contributed by atoms with Gasteiger partial charge >= 0.3 is 0 Å². The van der Waals surface area contributed by atoms with E-state index in [1.54, 1.807) is 12.1 Å². The third kappa shape index (κ3) is 2.67. The van der Waals surface area contributed by atoms with Gasteiger partial charge in [0.2, 0.25) is 0 Å². The molecule has 0 atom stereocenters.